The molecule has 2 aliphatic rings. The topological polar surface area (TPSA) is 3.24 Å². The highest BCUT2D eigenvalue weighted by atomic mass is 79.9. The first kappa shape index (κ1) is 10.6. The lowest BCUT2D eigenvalue weighted by atomic mass is 9.97. The van der Waals surface area contributed by atoms with Crippen LogP contribution < -0.4 is 4.90 Å². The van der Waals surface area contributed by atoms with Gasteiger partial charge < -0.3 is 4.90 Å². The Morgan fingerprint density at radius 1 is 1.44 bits per heavy atom. The smallest absolute Gasteiger partial charge is 0.0396 e. The molecule has 1 aliphatic carbocycles. The molecule has 1 aromatic rings. The number of nitrogens with zero attached hydrogens (tertiary/aromatic N) is 1. The van der Waals surface area contributed by atoms with Gasteiger partial charge in [-0.25, -0.2) is 0 Å². The number of alkyl halides is 1. The molecule has 1 aromatic carbocycles. The van der Waals surface area contributed by atoms with E-state index in [0.29, 0.717) is 0 Å². The summed E-state index contributed by atoms with van der Waals surface area (Å²) in [6.07, 6.45) is 3.94. The third-order valence-electron chi connectivity index (χ3n) is 4.00. The molecule has 1 fully saturated rings. The molecule has 1 saturated carbocycles. The van der Waals surface area contributed by atoms with Crippen LogP contribution in [0.2, 0.25) is 0 Å². The van der Waals surface area contributed by atoms with Crippen molar-refractivity contribution < 1.29 is 0 Å². The minimum atomic E-state index is 0.830. The van der Waals surface area contributed by atoms with Crippen LogP contribution in [0.5, 0.6) is 0 Å². The first-order valence-electron chi connectivity index (χ1n) is 6.19. The molecule has 2 atom stereocenters. The molecule has 1 aliphatic heterocycles. The molecule has 0 aromatic heterocycles. The van der Waals surface area contributed by atoms with Crippen molar-refractivity contribution in [2.75, 3.05) is 23.8 Å². The number of halogens is 1. The minimum absolute atomic E-state index is 0.830. The largest absolute Gasteiger partial charge is 0.374 e. The minimum Gasteiger partial charge on any atom is -0.374 e. The molecular formula is C14H18BrN. The van der Waals surface area contributed by atoms with Crippen molar-refractivity contribution in [3.8, 4) is 0 Å². The van der Waals surface area contributed by atoms with Crippen molar-refractivity contribution in [2.24, 2.45) is 5.92 Å². The van der Waals surface area contributed by atoms with Gasteiger partial charge in [0.05, 0.1) is 0 Å². The zero-order valence-corrected chi connectivity index (χ0v) is 11.3. The number of fused-ring (bicyclic) bond motifs is 1. The molecule has 2 heteroatoms. The van der Waals surface area contributed by atoms with Crippen LogP contribution in [0.25, 0.3) is 0 Å². The molecule has 3 rings (SSSR count). The average Bonchev–Trinajstić information content (AvgIpc) is 3.08. The highest BCUT2D eigenvalue weighted by Crippen LogP contribution is 2.49. The van der Waals surface area contributed by atoms with E-state index in [1.165, 1.54) is 31.5 Å². The summed E-state index contributed by atoms with van der Waals surface area (Å²) >= 11 is 3.59. The summed E-state index contributed by atoms with van der Waals surface area (Å²) in [5.74, 6) is 1.72. The fraction of sp³-hybridized carbons (Fsp3) is 0.571. The van der Waals surface area contributed by atoms with Gasteiger partial charge in [0.15, 0.2) is 0 Å². The standard InChI is InChI=1S/C14H18BrN/c1-16-6-2-3-11-7-10(4-5-14(11)16)13-8-12(13)9-15/h4-5,7,12-13H,2-3,6,8-9H2,1H3. The highest BCUT2D eigenvalue weighted by molar-refractivity contribution is 9.09. The van der Waals surface area contributed by atoms with Crippen LogP contribution in [0, 0.1) is 5.92 Å². The van der Waals surface area contributed by atoms with Crippen molar-refractivity contribution in [3.05, 3.63) is 29.3 Å². The van der Waals surface area contributed by atoms with Crippen molar-refractivity contribution in [1.82, 2.24) is 0 Å². The summed E-state index contributed by atoms with van der Waals surface area (Å²) in [6, 6.07) is 7.12. The van der Waals surface area contributed by atoms with Gasteiger partial charge in [-0.2, -0.15) is 0 Å². The molecule has 0 amide bonds. The lowest BCUT2D eigenvalue weighted by molar-refractivity contribution is 0.742. The molecular weight excluding hydrogens is 262 g/mol. The SMILES string of the molecule is CN1CCCc2cc(C3CC3CBr)ccc21. The van der Waals surface area contributed by atoms with Crippen molar-refractivity contribution in [2.45, 2.75) is 25.2 Å². The lowest BCUT2D eigenvalue weighted by Crippen LogP contribution is -2.24. The van der Waals surface area contributed by atoms with Gasteiger partial charge in [-0.1, -0.05) is 28.1 Å². The van der Waals surface area contributed by atoms with Crippen LogP contribution in [-0.4, -0.2) is 18.9 Å². The van der Waals surface area contributed by atoms with Gasteiger partial charge in [0, 0.05) is 24.6 Å². The second-order valence-corrected chi connectivity index (χ2v) is 5.82. The fourth-order valence-corrected chi connectivity index (χ4v) is 3.58. The van der Waals surface area contributed by atoms with Crippen molar-refractivity contribution >= 4 is 21.6 Å². The number of rotatable bonds is 2. The predicted octanol–water partition coefficient (Wildman–Crippen LogP) is 3.57. The van der Waals surface area contributed by atoms with Crippen LogP contribution in [0.3, 0.4) is 0 Å². The molecule has 2 unspecified atom stereocenters. The molecule has 16 heavy (non-hydrogen) atoms. The van der Waals surface area contributed by atoms with Crippen LogP contribution in [0.15, 0.2) is 18.2 Å². The zero-order valence-electron chi connectivity index (χ0n) is 9.75. The summed E-state index contributed by atoms with van der Waals surface area (Å²) < 4.78 is 0. The normalized spacial score (nSPS) is 27.8. The Labute approximate surface area is 106 Å². The second kappa shape index (κ2) is 4.06. The fourth-order valence-electron chi connectivity index (χ4n) is 2.86. The van der Waals surface area contributed by atoms with E-state index >= 15 is 0 Å². The van der Waals surface area contributed by atoms with E-state index in [1.807, 2.05) is 0 Å². The molecule has 0 spiro atoms. The summed E-state index contributed by atoms with van der Waals surface area (Å²) in [5, 5.41) is 1.16. The number of benzene rings is 1. The molecule has 86 valence electrons. The van der Waals surface area contributed by atoms with Crippen LogP contribution in [-0.2, 0) is 6.42 Å². The first-order valence-corrected chi connectivity index (χ1v) is 7.31. The van der Waals surface area contributed by atoms with Crippen LogP contribution in [0.4, 0.5) is 5.69 Å². The third kappa shape index (κ3) is 1.77. The summed E-state index contributed by atoms with van der Waals surface area (Å²) in [7, 11) is 2.20. The molecule has 0 saturated heterocycles. The molecule has 0 radical (unpaired) electrons. The Kier molecular flexibility index (Phi) is 2.70. The average molecular weight is 280 g/mol. The number of hydrogen-bond acceptors (Lipinski definition) is 1. The number of anilines is 1. The maximum Gasteiger partial charge on any atom is 0.0396 e. The monoisotopic (exact) mass is 279 g/mol. The summed E-state index contributed by atoms with van der Waals surface area (Å²) in [4.78, 5) is 2.39. The van der Waals surface area contributed by atoms with Gasteiger partial charge in [0.2, 0.25) is 0 Å². The van der Waals surface area contributed by atoms with Gasteiger partial charge in [0.25, 0.3) is 0 Å². The predicted molar refractivity (Wildman–Crippen MR) is 72.7 cm³/mol. The van der Waals surface area contributed by atoms with E-state index in [2.05, 4.69) is 46.1 Å². The second-order valence-electron chi connectivity index (χ2n) is 5.17. The summed E-state index contributed by atoms with van der Waals surface area (Å²) in [5.41, 5.74) is 4.58. The molecule has 1 heterocycles. The van der Waals surface area contributed by atoms with E-state index in [-0.39, 0.29) is 0 Å². The highest BCUT2D eigenvalue weighted by Gasteiger charge is 2.37. The molecule has 1 nitrogen and oxygen atoms in total. The van der Waals surface area contributed by atoms with E-state index in [0.717, 1.165) is 17.2 Å². The van der Waals surface area contributed by atoms with E-state index in [1.54, 1.807) is 11.1 Å². The Bertz CT molecular complexity index is 402. The van der Waals surface area contributed by atoms with Gasteiger partial charge in [-0.05, 0) is 48.3 Å². The molecule has 0 N–H and O–H groups in total. The summed E-state index contributed by atoms with van der Waals surface area (Å²) in [6.45, 7) is 1.21. The Morgan fingerprint density at radius 2 is 2.31 bits per heavy atom. The number of hydrogen-bond donors (Lipinski definition) is 0. The maximum atomic E-state index is 3.59. The van der Waals surface area contributed by atoms with Gasteiger partial charge in [-0.3, -0.25) is 0 Å². The van der Waals surface area contributed by atoms with E-state index < -0.39 is 0 Å². The lowest BCUT2D eigenvalue weighted by Gasteiger charge is -2.27. The first-order chi connectivity index (χ1) is 7.79. The molecule has 0 bridgehead atoms. The van der Waals surface area contributed by atoms with Crippen molar-refractivity contribution in [1.29, 1.82) is 0 Å². The Morgan fingerprint density at radius 3 is 3.06 bits per heavy atom. The van der Waals surface area contributed by atoms with Gasteiger partial charge >= 0.3 is 0 Å². The Hall–Kier alpha value is -0.500. The Balaban J connectivity index is 1.88. The zero-order chi connectivity index (χ0) is 11.1. The maximum absolute atomic E-state index is 3.59. The quantitative estimate of drug-likeness (QED) is 0.749. The van der Waals surface area contributed by atoms with Gasteiger partial charge in [-0.15, -0.1) is 0 Å². The van der Waals surface area contributed by atoms with E-state index in [9.17, 15) is 0 Å². The van der Waals surface area contributed by atoms with Crippen LogP contribution in [0.1, 0.15) is 29.9 Å². The third-order valence-corrected chi connectivity index (χ3v) is 4.84. The van der Waals surface area contributed by atoms with E-state index in [4.69, 9.17) is 0 Å². The van der Waals surface area contributed by atoms with Crippen molar-refractivity contribution in [3.63, 3.8) is 0 Å². The number of aryl methyl sites for hydroxylation is 1. The van der Waals surface area contributed by atoms with Gasteiger partial charge in [0.1, 0.15) is 0 Å². The van der Waals surface area contributed by atoms with Crippen LogP contribution >= 0.6 is 15.9 Å².